The van der Waals surface area contributed by atoms with Gasteiger partial charge in [0.25, 0.3) is 0 Å². The lowest BCUT2D eigenvalue weighted by Gasteiger charge is -2.13. The van der Waals surface area contributed by atoms with Crippen LogP contribution in [0, 0.1) is 0 Å². The van der Waals surface area contributed by atoms with Crippen LogP contribution in [0.15, 0.2) is 24.7 Å². The van der Waals surface area contributed by atoms with Crippen LogP contribution in [0.4, 0.5) is 0 Å². The van der Waals surface area contributed by atoms with Crippen molar-refractivity contribution in [2.75, 3.05) is 7.11 Å². The Kier molecular flexibility index (Phi) is 2.82. The van der Waals surface area contributed by atoms with Crippen molar-refractivity contribution < 1.29 is 4.74 Å². The van der Waals surface area contributed by atoms with Gasteiger partial charge in [-0.15, -0.1) is 0 Å². The Morgan fingerprint density at radius 1 is 1.31 bits per heavy atom. The first-order valence-corrected chi connectivity index (χ1v) is 4.82. The Morgan fingerprint density at radius 3 is 2.69 bits per heavy atom. The highest BCUT2D eigenvalue weighted by Crippen LogP contribution is 2.23. The van der Waals surface area contributed by atoms with E-state index in [-0.39, 0.29) is 0 Å². The molecule has 0 aliphatic rings. The molecule has 0 aliphatic heterocycles. The van der Waals surface area contributed by atoms with Crippen LogP contribution in [-0.4, -0.2) is 26.9 Å². The number of rotatable bonds is 3. The third-order valence-electron chi connectivity index (χ3n) is 2.36. The minimum Gasteiger partial charge on any atom is -0.480 e. The topological polar surface area (TPSA) is 78.8 Å². The molecule has 2 aromatic rings. The zero-order valence-corrected chi connectivity index (χ0v) is 9.16. The molecule has 1 atom stereocenters. The first-order valence-electron chi connectivity index (χ1n) is 4.82. The molecule has 0 fully saturated rings. The molecule has 0 amide bonds. The van der Waals surface area contributed by atoms with Crippen LogP contribution in [0.3, 0.4) is 0 Å². The van der Waals surface area contributed by atoms with Gasteiger partial charge < -0.3 is 10.5 Å². The summed E-state index contributed by atoms with van der Waals surface area (Å²) in [4.78, 5) is 8.26. The molecule has 0 spiro atoms. The number of hydrogen-bond donors (Lipinski definition) is 1. The average molecular weight is 219 g/mol. The lowest BCUT2D eigenvalue weighted by Crippen LogP contribution is -2.18. The molecule has 0 saturated heterocycles. The third-order valence-corrected chi connectivity index (χ3v) is 2.36. The zero-order chi connectivity index (χ0) is 11.5. The van der Waals surface area contributed by atoms with Crippen molar-refractivity contribution in [2.45, 2.75) is 6.04 Å². The summed E-state index contributed by atoms with van der Waals surface area (Å²) in [6.45, 7) is 0. The lowest BCUT2D eigenvalue weighted by atomic mass is 10.1. The van der Waals surface area contributed by atoms with Gasteiger partial charge in [0.05, 0.1) is 18.8 Å². The van der Waals surface area contributed by atoms with E-state index >= 15 is 0 Å². The van der Waals surface area contributed by atoms with Gasteiger partial charge in [0.2, 0.25) is 5.88 Å². The normalized spacial score (nSPS) is 12.4. The smallest absolute Gasteiger partial charge is 0.237 e. The Morgan fingerprint density at radius 2 is 2.06 bits per heavy atom. The Labute approximate surface area is 93.1 Å². The number of methoxy groups -OCH3 is 1. The second-order valence-electron chi connectivity index (χ2n) is 3.31. The fraction of sp³-hybridized carbons (Fsp3) is 0.300. The summed E-state index contributed by atoms with van der Waals surface area (Å²) in [5.41, 5.74) is 7.56. The third kappa shape index (κ3) is 1.74. The minimum absolute atomic E-state index is 0.392. The van der Waals surface area contributed by atoms with Crippen molar-refractivity contribution in [2.24, 2.45) is 12.8 Å². The van der Waals surface area contributed by atoms with Crippen LogP contribution < -0.4 is 10.5 Å². The predicted octanol–water partition coefficient (Wildman–Crippen LogP) is 0.267. The molecule has 0 aromatic carbocycles. The molecule has 6 heteroatoms. The molecule has 0 aliphatic carbocycles. The summed E-state index contributed by atoms with van der Waals surface area (Å²) >= 11 is 0. The summed E-state index contributed by atoms with van der Waals surface area (Å²) in [6, 6.07) is 1.45. The van der Waals surface area contributed by atoms with Crippen LogP contribution in [-0.2, 0) is 7.05 Å². The fourth-order valence-corrected chi connectivity index (χ4v) is 1.54. The fourth-order valence-electron chi connectivity index (χ4n) is 1.54. The summed E-state index contributed by atoms with van der Waals surface area (Å²) in [7, 11) is 3.38. The van der Waals surface area contributed by atoms with Gasteiger partial charge in [-0.2, -0.15) is 5.10 Å². The van der Waals surface area contributed by atoms with Crippen molar-refractivity contribution >= 4 is 0 Å². The highest BCUT2D eigenvalue weighted by molar-refractivity contribution is 5.28. The maximum Gasteiger partial charge on any atom is 0.237 e. The number of nitrogens with two attached hydrogens (primary N) is 1. The van der Waals surface area contributed by atoms with E-state index in [4.69, 9.17) is 10.5 Å². The second-order valence-corrected chi connectivity index (χ2v) is 3.31. The number of aromatic nitrogens is 4. The summed E-state index contributed by atoms with van der Waals surface area (Å²) in [5, 5.41) is 4.07. The molecular weight excluding hydrogens is 206 g/mol. The maximum atomic E-state index is 6.09. The SMILES string of the molecule is COc1nccnc1C(N)c1ccnn1C. The van der Waals surface area contributed by atoms with Gasteiger partial charge in [0.15, 0.2) is 0 Å². The van der Waals surface area contributed by atoms with Gasteiger partial charge in [-0.05, 0) is 6.07 Å². The van der Waals surface area contributed by atoms with Crippen molar-refractivity contribution in [3.63, 3.8) is 0 Å². The molecule has 0 bridgehead atoms. The van der Waals surface area contributed by atoms with Gasteiger partial charge in [-0.25, -0.2) is 4.98 Å². The van der Waals surface area contributed by atoms with Crippen LogP contribution in [0.5, 0.6) is 5.88 Å². The van der Waals surface area contributed by atoms with Gasteiger partial charge in [-0.1, -0.05) is 0 Å². The molecular formula is C10H13N5O. The molecule has 6 nitrogen and oxygen atoms in total. The predicted molar refractivity (Wildman–Crippen MR) is 57.8 cm³/mol. The summed E-state index contributed by atoms with van der Waals surface area (Å²) in [6.07, 6.45) is 4.85. The highest BCUT2D eigenvalue weighted by atomic mass is 16.5. The van der Waals surface area contributed by atoms with E-state index in [9.17, 15) is 0 Å². The van der Waals surface area contributed by atoms with Crippen molar-refractivity contribution in [1.82, 2.24) is 19.7 Å². The number of aryl methyl sites for hydroxylation is 1. The molecule has 2 heterocycles. The molecule has 0 radical (unpaired) electrons. The zero-order valence-electron chi connectivity index (χ0n) is 9.16. The van der Waals surface area contributed by atoms with E-state index in [0.717, 1.165) is 5.69 Å². The van der Waals surface area contributed by atoms with Crippen LogP contribution in [0.25, 0.3) is 0 Å². The monoisotopic (exact) mass is 219 g/mol. The van der Waals surface area contributed by atoms with Crippen molar-refractivity contribution in [3.05, 3.63) is 36.0 Å². The Hall–Kier alpha value is -1.95. The Bertz CT molecular complexity index is 482. The van der Waals surface area contributed by atoms with Crippen LogP contribution in [0.2, 0.25) is 0 Å². The van der Waals surface area contributed by atoms with E-state index < -0.39 is 6.04 Å². The molecule has 2 aromatic heterocycles. The molecule has 1 unspecified atom stereocenters. The first kappa shape index (κ1) is 10.6. The van der Waals surface area contributed by atoms with Gasteiger partial charge in [-0.3, -0.25) is 9.67 Å². The highest BCUT2D eigenvalue weighted by Gasteiger charge is 2.18. The minimum atomic E-state index is -0.392. The van der Waals surface area contributed by atoms with Crippen molar-refractivity contribution in [1.29, 1.82) is 0 Å². The van der Waals surface area contributed by atoms with Crippen LogP contribution in [0.1, 0.15) is 17.4 Å². The molecule has 2 N–H and O–H groups in total. The van der Waals surface area contributed by atoms with Gasteiger partial charge in [0.1, 0.15) is 5.69 Å². The maximum absolute atomic E-state index is 6.09. The number of ether oxygens (including phenoxy) is 1. The van der Waals surface area contributed by atoms with E-state index in [1.54, 1.807) is 30.4 Å². The average Bonchev–Trinajstić information content (AvgIpc) is 2.74. The Balaban J connectivity index is 2.41. The molecule has 2 rings (SSSR count). The van der Waals surface area contributed by atoms with E-state index in [1.165, 1.54) is 0 Å². The molecule has 84 valence electrons. The van der Waals surface area contributed by atoms with Crippen molar-refractivity contribution in [3.8, 4) is 5.88 Å². The van der Waals surface area contributed by atoms with Gasteiger partial charge >= 0.3 is 0 Å². The summed E-state index contributed by atoms with van der Waals surface area (Å²) in [5.74, 6) is 0.441. The number of nitrogens with zero attached hydrogens (tertiary/aromatic N) is 4. The largest absolute Gasteiger partial charge is 0.480 e. The van der Waals surface area contributed by atoms with Gasteiger partial charge in [0, 0.05) is 25.6 Å². The number of hydrogen-bond acceptors (Lipinski definition) is 5. The second kappa shape index (κ2) is 4.28. The first-order chi connectivity index (χ1) is 7.74. The van der Waals surface area contributed by atoms with E-state index in [1.807, 2.05) is 13.1 Å². The standard InChI is InChI=1S/C10H13N5O/c1-15-7(3-4-14-15)8(11)9-10(16-2)13-6-5-12-9/h3-6,8H,11H2,1-2H3. The quantitative estimate of drug-likeness (QED) is 0.801. The van der Waals surface area contributed by atoms with E-state index in [2.05, 4.69) is 15.1 Å². The van der Waals surface area contributed by atoms with E-state index in [0.29, 0.717) is 11.6 Å². The summed E-state index contributed by atoms with van der Waals surface area (Å²) < 4.78 is 6.83. The van der Waals surface area contributed by atoms with Crippen LogP contribution >= 0.6 is 0 Å². The lowest BCUT2D eigenvalue weighted by molar-refractivity contribution is 0.386. The molecule has 16 heavy (non-hydrogen) atoms. The molecule has 0 saturated carbocycles.